The summed E-state index contributed by atoms with van der Waals surface area (Å²) < 4.78 is 11.6. The highest BCUT2D eigenvalue weighted by molar-refractivity contribution is 7.10. The van der Waals surface area contributed by atoms with Crippen molar-refractivity contribution in [1.29, 1.82) is 0 Å². The number of fused-ring (bicyclic) bond motifs is 1. The van der Waals surface area contributed by atoms with Gasteiger partial charge in [0.1, 0.15) is 18.9 Å². The third-order valence-corrected chi connectivity index (χ3v) is 7.71. The zero-order valence-electron chi connectivity index (χ0n) is 21.0. The first kappa shape index (κ1) is 25.0. The van der Waals surface area contributed by atoms with Gasteiger partial charge in [-0.15, -0.1) is 11.3 Å². The summed E-state index contributed by atoms with van der Waals surface area (Å²) in [6, 6.07) is 11.4. The Kier molecular flexibility index (Phi) is 7.96. The minimum atomic E-state index is -0.250. The van der Waals surface area contributed by atoms with Crippen LogP contribution in [0.5, 0.6) is 5.75 Å². The number of amides is 2. The molecule has 186 valence electrons. The zero-order chi connectivity index (χ0) is 24.9. The molecule has 2 amide bonds. The summed E-state index contributed by atoms with van der Waals surface area (Å²) in [6.07, 6.45) is 3.22. The lowest BCUT2D eigenvalue weighted by Gasteiger charge is -2.37. The fourth-order valence-corrected chi connectivity index (χ4v) is 5.47. The molecule has 4 rings (SSSR count). The fourth-order valence-electron chi connectivity index (χ4n) is 4.54. The van der Waals surface area contributed by atoms with Crippen LogP contribution < -0.4 is 4.74 Å². The average molecular weight is 495 g/mol. The predicted octanol–water partition coefficient (Wildman–Crippen LogP) is 5.65. The Morgan fingerprint density at radius 1 is 1.26 bits per heavy atom. The van der Waals surface area contributed by atoms with Crippen LogP contribution in [-0.4, -0.2) is 47.9 Å². The minimum Gasteiger partial charge on any atom is -0.491 e. The summed E-state index contributed by atoms with van der Waals surface area (Å²) in [5.74, 6) is 1.04. The van der Waals surface area contributed by atoms with Crippen LogP contribution in [0.15, 0.2) is 52.5 Å². The second-order valence-electron chi connectivity index (χ2n) is 9.41. The maximum atomic E-state index is 13.7. The van der Waals surface area contributed by atoms with Crippen LogP contribution in [0.25, 0.3) is 0 Å². The molecule has 3 heterocycles. The van der Waals surface area contributed by atoms with Gasteiger partial charge in [-0.1, -0.05) is 38.0 Å². The molecule has 0 unspecified atom stereocenters. The van der Waals surface area contributed by atoms with E-state index in [4.69, 9.17) is 9.15 Å². The van der Waals surface area contributed by atoms with Gasteiger partial charge in [-0.25, -0.2) is 0 Å². The molecule has 0 aliphatic carbocycles. The maximum absolute atomic E-state index is 13.7. The number of ether oxygens (including phenoxy) is 1. The Balaban J connectivity index is 1.54. The Labute approximate surface area is 211 Å². The number of aryl methyl sites for hydroxylation is 2. The molecular formula is C28H34N2O4S. The summed E-state index contributed by atoms with van der Waals surface area (Å²) >= 11 is 1.73. The Hall–Kier alpha value is -3.06. The number of hydrogen-bond acceptors (Lipinski definition) is 5. The van der Waals surface area contributed by atoms with E-state index in [0.29, 0.717) is 19.7 Å². The molecule has 1 aliphatic heterocycles. The van der Waals surface area contributed by atoms with Gasteiger partial charge in [0.15, 0.2) is 5.76 Å². The molecule has 0 bridgehead atoms. The number of hydrogen-bond donors (Lipinski definition) is 0. The van der Waals surface area contributed by atoms with E-state index in [-0.39, 0.29) is 36.1 Å². The van der Waals surface area contributed by atoms with Crippen LogP contribution in [0.4, 0.5) is 0 Å². The summed E-state index contributed by atoms with van der Waals surface area (Å²) in [5, 5.41) is 2.08. The topological polar surface area (TPSA) is 63.0 Å². The number of thiophene rings is 1. The fraction of sp³-hybridized carbons (Fsp3) is 0.429. The zero-order valence-corrected chi connectivity index (χ0v) is 21.8. The molecule has 0 N–H and O–H groups in total. The highest BCUT2D eigenvalue weighted by Gasteiger charge is 2.34. The van der Waals surface area contributed by atoms with Crippen molar-refractivity contribution in [3.8, 4) is 5.75 Å². The van der Waals surface area contributed by atoms with Gasteiger partial charge in [0.05, 0.1) is 12.3 Å². The Bertz CT molecular complexity index is 1150. The first-order valence-electron chi connectivity index (χ1n) is 12.3. The first-order chi connectivity index (χ1) is 16.9. The molecule has 1 aromatic carbocycles. The molecule has 0 spiro atoms. The Morgan fingerprint density at radius 3 is 2.80 bits per heavy atom. The van der Waals surface area contributed by atoms with E-state index in [1.807, 2.05) is 24.0 Å². The molecule has 3 aromatic rings. The van der Waals surface area contributed by atoms with Crippen LogP contribution in [0.2, 0.25) is 0 Å². The lowest BCUT2D eigenvalue weighted by molar-refractivity contribution is -0.135. The number of rotatable bonds is 9. The lowest BCUT2D eigenvalue weighted by Crippen LogP contribution is -2.48. The average Bonchev–Trinajstić information content (AvgIpc) is 3.54. The summed E-state index contributed by atoms with van der Waals surface area (Å²) in [4.78, 5) is 31.6. The van der Waals surface area contributed by atoms with E-state index >= 15 is 0 Å². The second kappa shape index (κ2) is 11.1. The quantitative estimate of drug-likeness (QED) is 0.386. The molecule has 2 aromatic heterocycles. The van der Waals surface area contributed by atoms with Gasteiger partial charge < -0.3 is 19.0 Å². The van der Waals surface area contributed by atoms with E-state index in [0.717, 1.165) is 29.7 Å². The summed E-state index contributed by atoms with van der Waals surface area (Å²) in [5.41, 5.74) is 3.41. The molecule has 7 heteroatoms. The van der Waals surface area contributed by atoms with Gasteiger partial charge in [-0.2, -0.15) is 0 Å². The number of carbonyl (C=O) groups excluding carboxylic acids is 2. The molecular weight excluding hydrogens is 460 g/mol. The monoisotopic (exact) mass is 494 g/mol. The molecule has 0 saturated heterocycles. The highest BCUT2D eigenvalue weighted by atomic mass is 32.1. The van der Waals surface area contributed by atoms with Crippen molar-refractivity contribution in [2.24, 2.45) is 5.92 Å². The van der Waals surface area contributed by atoms with Crippen molar-refractivity contribution < 1.29 is 18.7 Å². The minimum absolute atomic E-state index is 0.0173. The number of carbonyl (C=O) groups is 2. The van der Waals surface area contributed by atoms with E-state index in [1.165, 1.54) is 16.7 Å². The van der Waals surface area contributed by atoms with E-state index in [1.54, 1.807) is 28.4 Å². The van der Waals surface area contributed by atoms with Crippen molar-refractivity contribution >= 4 is 23.2 Å². The largest absolute Gasteiger partial charge is 0.491 e. The first-order valence-corrected chi connectivity index (χ1v) is 13.1. The smallest absolute Gasteiger partial charge is 0.290 e. The predicted molar refractivity (Wildman–Crippen MR) is 138 cm³/mol. The van der Waals surface area contributed by atoms with Crippen LogP contribution in [0.3, 0.4) is 0 Å². The van der Waals surface area contributed by atoms with Crippen molar-refractivity contribution in [3.63, 3.8) is 0 Å². The number of nitrogens with zero attached hydrogens (tertiary/aromatic N) is 2. The van der Waals surface area contributed by atoms with Crippen LogP contribution in [0.1, 0.15) is 58.4 Å². The molecule has 2 atom stereocenters. The van der Waals surface area contributed by atoms with E-state index in [9.17, 15) is 9.59 Å². The van der Waals surface area contributed by atoms with E-state index in [2.05, 4.69) is 38.3 Å². The molecule has 35 heavy (non-hydrogen) atoms. The van der Waals surface area contributed by atoms with Gasteiger partial charge in [0.2, 0.25) is 5.91 Å². The second-order valence-corrected chi connectivity index (χ2v) is 10.4. The maximum Gasteiger partial charge on any atom is 0.290 e. The SMILES string of the molecule is CC[C@@H](C)CN(CC(=O)N1CCc2sccc2[C@H]1COc1ccc(C)cc1C)C(=O)c1ccco1. The van der Waals surface area contributed by atoms with Gasteiger partial charge in [-0.05, 0) is 67.0 Å². The van der Waals surface area contributed by atoms with Gasteiger partial charge in [0, 0.05) is 18.0 Å². The molecule has 0 saturated carbocycles. The third kappa shape index (κ3) is 5.78. The highest BCUT2D eigenvalue weighted by Crippen LogP contribution is 2.34. The van der Waals surface area contributed by atoms with Crippen molar-refractivity contribution in [2.75, 3.05) is 26.2 Å². The van der Waals surface area contributed by atoms with Crippen molar-refractivity contribution in [2.45, 2.75) is 46.6 Å². The van der Waals surface area contributed by atoms with Crippen molar-refractivity contribution in [3.05, 3.63) is 75.4 Å². The summed E-state index contributed by atoms with van der Waals surface area (Å²) in [7, 11) is 0. The van der Waals surface area contributed by atoms with Crippen LogP contribution in [-0.2, 0) is 11.2 Å². The van der Waals surface area contributed by atoms with E-state index < -0.39 is 0 Å². The molecule has 6 nitrogen and oxygen atoms in total. The van der Waals surface area contributed by atoms with Crippen LogP contribution >= 0.6 is 11.3 Å². The van der Waals surface area contributed by atoms with Gasteiger partial charge in [0.25, 0.3) is 5.91 Å². The van der Waals surface area contributed by atoms with Crippen LogP contribution in [0, 0.1) is 19.8 Å². The van der Waals surface area contributed by atoms with Crippen molar-refractivity contribution in [1.82, 2.24) is 9.80 Å². The molecule has 1 aliphatic rings. The molecule has 0 fully saturated rings. The number of benzene rings is 1. The lowest BCUT2D eigenvalue weighted by atomic mass is 10.00. The standard InChI is InChI=1S/C28H34N2O4S/c1-5-19(2)16-29(28(32)25-7-6-13-33-25)17-27(31)30-12-10-26-22(11-14-35-26)23(30)18-34-24-9-8-20(3)15-21(24)4/h6-9,11,13-15,19,23H,5,10,12,16-18H2,1-4H3/t19-,23-/m1/s1. The van der Waals surface area contributed by atoms with Gasteiger partial charge in [-0.3, -0.25) is 9.59 Å². The van der Waals surface area contributed by atoms with Gasteiger partial charge >= 0.3 is 0 Å². The Morgan fingerprint density at radius 2 is 2.09 bits per heavy atom. The normalized spacial score (nSPS) is 16.0. The number of furan rings is 1. The summed E-state index contributed by atoms with van der Waals surface area (Å²) in [6.45, 7) is 9.78. The molecule has 0 radical (unpaired) electrons. The third-order valence-electron chi connectivity index (χ3n) is 6.72.